The first kappa shape index (κ1) is 11.8. The van der Waals surface area contributed by atoms with Gasteiger partial charge in [0.15, 0.2) is 0 Å². The zero-order chi connectivity index (χ0) is 12.1. The largest absolute Gasteiger partial charge is 0.383 e. The fraction of sp³-hybridized carbons (Fsp3) is 0.200. The van der Waals surface area contributed by atoms with E-state index in [0.29, 0.717) is 6.61 Å². The van der Waals surface area contributed by atoms with Gasteiger partial charge in [0.05, 0.1) is 12.6 Å². The number of methoxy groups -OCH3 is 1. The van der Waals surface area contributed by atoms with Crippen LogP contribution in [0.4, 0.5) is 0 Å². The van der Waals surface area contributed by atoms with Gasteiger partial charge in [0, 0.05) is 7.11 Å². The van der Waals surface area contributed by atoms with Crippen molar-refractivity contribution in [1.82, 2.24) is 0 Å². The van der Waals surface area contributed by atoms with Gasteiger partial charge in [-0.2, -0.15) is 0 Å². The van der Waals surface area contributed by atoms with Crippen molar-refractivity contribution in [2.45, 2.75) is 6.04 Å². The van der Waals surface area contributed by atoms with E-state index in [1.165, 1.54) is 11.1 Å². The first-order valence-corrected chi connectivity index (χ1v) is 5.71. The maximum atomic E-state index is 5.97. The van der Waals surface area contributed by atoms with Gasteiger partial charge in [0.25, 0.3) is 0 Å². The van der Waals surface area contributed by atoms with Crippen LogP contribution in [0.1, 0.15) is 11.6 Å². The first-order chi connectivity index (χ1) is 8.31. The van der Waals surface area contributed by atoms with Crippen molar-refractivity contribution < 1.29 is 4.74 Å². The molecule has 2 heteroatoms. The van der Waals surface area contributed by atoms with Crippen molar-refractivity contribution >= 4 is 0 Å². The number of ether oxygens (including phenoxy) is 1. The third-order valence-electron chi connectivity index (χ3n) is 2.79. The summed E-state index contributed by atoms with van der Waals surface area (Å²) < 4.78 is 5.05. The fourth-order valence-corrected chi connectivity index (χ4v) is 1.83. The molecule has 17 heavy (non-hydrogen) atoms. The van der Waals surface area contributed by atoms with Crippen LogP contribution < -0.4 is 5.73 Å². The van der Waals surface area contributed by atoms with Crippen molar-refractivity contribution in [3.05, 3.63) is 60.2 Å². The Morgan fingerprint density at radius 2 is 1.53 bits per heavy atom. The van der Waals surface area contributed by atoms with E-state index in [9.17, 15) is 0 Å². The summed E-state index contributed by atoms with van der Waals surface area (Å²) in [5.74, 6) is 0. The molecule has 0 saturated carbocycles. The van der Waals surface area contributed by atoms with Gasteiger partial charge in [-0.3, -0.25) is 0 Å². The highest BCUT2D eigenvalue weighted by Crippen LogP contribution is 2.21. The molecule has 88 valence electrons. The summed E-state index contributed by atoms with van der Waals surface area (Å²) in [6, 6.07) is 18.6. The lowest BCUT2D eigenvalue weighted by atomic mass is 10.0. The molecule has 2 N–H and O–H groups in total. The predicted molar refractivity (Wildman–Crippen MR) is 70.7 cm³/mol. The van der Waals surface area contributed by atoms with E-state index in [2.05, 4.69) is 36.4 Å². The van der Waals surface area contributed by atoms with Crippen molar-refractivity contribution in [2.24, 2.45) is 5.73 Å². The van der Waals surface area contributed by atoms with Crippen LogP contribution in [0.25, 0.3) is 11.1 Å². The van der Waals surface area contributed by atoms with Gasteiger partial charge < -0.3 is 10.5 Å². The molecule has 0 heterocycles. The minimum Gasteiger partial charge on any atom is -0.383 e. The fourth-order valence-electron chi connectivity index (χ4n) is 1.83. The van der Waals surface area contributed by atoms with Crippen LogP contribution in [-0.4, -0.2) is 13.7 Å². The van der Waals surface area contributed by atoms with Crippen molar-refractivity contribution in [2.75, 3.05) is 13.7 Å². The molecule has 1 unspecified atom stereocenters. The minimum absolute atomic E-state index is 0.0511. The highest BCUT2D eigenvalue weighted by molar-refractivity contribution is 5.63. The highest BCUT2D eigenvalue weighted by Gasteiger charge is 2.05. The number of hydrogen-bond donors (Lipinski definition) is 1. The van der Waals surface area contributed by atoms with Crippen LogP contribution in [-0.2, 0) is 4.74 Å². The number of hydrogen-bond acceptors (Lipinski definition) is 2. The Kier molecular flexibility index (Phi) is 3.91. The summed E-state index contributed by atoms with van der Waals surface area (Å²) in [4.78, 5) is 0. The lowest BCUT2D eigenvalue weighted by Crippen LogP contribution is -2.15. The molecule has 0 aliphatic rings. The van der Waals surface area contributed by atoms with Crippen LogP contribution in [0.5, 0.6) is 0 Å². The van der Waals surface area contributed by atoms with Crippen LogP contribution in [0.2, 0.25) is 0 Å². The lowest BCUT2D eigenvalue weighted by molar-refractivity contribution is 0.181. The Morgan fingerprint density at radius 3 is 2.12 bits per heavy atom. The molecule has 0 spiro atoms. The topological polar surface area (TPSA) is 35.2 Å². The van der Waals surface area contributed by atoms with Crippen molar-refractivity contribution in [3.63, 3.8) is 0 Å². The monoisotopic (exact) mass is 227 g/mol. The summed E-state index contributed by atoms with van der Waals surface area (Å²) >= 11 is 0. The summed E-state index contributed by atoms with van der Waals surface area (Å²) in [7, 11) is 1.66. The molecular formula is C15H17NO. The minimum atomic E-state index is -0.0511. The molecule has 1 atom stereocenters. The van der Waals surface area contributed by atoms with E-state index in [-0.39, 0.29) is 6.04 Å². The molecule has 2 aromatic rings. The predicted octanol–water partition coefficient (Wildman–Crippen LogP) is 3.00. The number of benzene rings is 2. The van der Waals surface area contributed by atoms with Crippen LogP contribution >= 0.6 is 0 Å². The average molecular weight is 227 g/mol. The Bertz CT molecular complexity index is 450. The Balaban J connectivity index is 2.19. The van der Waals surface area contributed by atoms with Gasteiger partial charge in [-0.05, 0) is 16.7 Å². The van der Waals surface area contributed by atoms with E-state index < -0.39 is 0 Å². The van der Waals surface area contributed by atoms with Gasteiger partial charge in [0.1, 0.15) is 0 Å². The van der Waals surface area contributed by atoms with Gasteiger partial charge >= 0.3 is 0 Å². The van der Waals surface area contributed by atoms with Gasteiger partial charge in [-0.1, -0.05) is 54.6 Å². The lowest BCUT2D eigenvalue weighted by Gasteiger charge is -2.11. The SMILES string of the molecule is COCC(N)c1ccc(-c2ccccc2)cc1. The normalized spacial score (nSPS) is 12.4. The Morgan fingerprint density at radius 1 is 0.941 bits per heavy atom. The van der Waals surface area contributed by atoms with E-state index in [4.69, 9.17) is 10.5 Å². The Hall–Kier alpha value is -1.64. The molecule has 0 aliphatic carbocycles. The zero-order valence-corrected chi connectivity index (χ0v) is 9.97. The van der Waals surface area contributed by atoms with E-state index >= 15 is 0 Å². The van der Waals surface area contributed by atoms with Crippen molar-refractivity contribution in [1.29, 1.82) is 0 Å². The van der Waals surface area contributed by atoms with E-state index in [0.717, 1.165) is 5.56 Å². The average Bonchev–Trinajstić information content (AvgIpc) is 2.40. The van der Waals surface area contributed by atoms with Gasteiger partial charge in [0.2, 0.25) is 0 Å². The summed E-state index contributed by atoms with van der Waals surface area (Å²) in [6.07, 6.45) is 0. The van der Waals surface area contributed by atoms with Crippen LogP contribution in [0, 0.1) is 0 Å². The molecule has 0 aliphatic heterocycles. The molecule has 0 saturated heterocycles. The first-order valence-electron chi connectivity index (χ1n) is 5.71. The summed E-state index contributed by atoms with van der Waals surface area (Å²) in [5, 5.41) is 0. The standard InChI is InChI=1S/C15H17NO/c1-17-11-15(16)14-9-7-13(8-10-14)12-5-3-2-4-6-12/h2-10,15H,11,16H2,1H3. The highest BCUT2D eigenvalue weighted by atomic mass is 16.5. The molecule has 0 amide bonds. The van der Waals surface area contributed by atoms with E-state index in [1.807, 2.05) is 18.2 Å². The molecule has 0 bridgehead atoms. The summed E-state index contributed by atoms with van der Waals surface area (Å²) in [5.41, 5.74) is 9.50. The van der Waals surface area contributed by atoms with Crippen LogP contribution in [0.3, 0.4) is 0 Å². The molecule has 2 nitrogen and oxygen atoms in total. The molecule has 2 aromatic carbocycles. The number of nitrogens with two attached hydrogens (primary N) is 1. The molecular weight excluding hydrogens is 210 g/mol. The molecule has 0 aromatic heterocycles. The van der Waals surface area contributed by atoms with Gasteiger partial charge in [-0.25, -0.2) is 0 Å². The molecule has 2 rings (SSSR count). The third kappa shape index (κ3) is 2.93. The van der Waals surface area contributed by atoms with Crippen molar-refractivity contribution in [3.8, 4) is 11.1 Å². The quantitative estimate of drug-likeness (QED) is 0.871. The van der Waals surface area contributed by atoms with Crippen LogP contribution in [0.15, 0.2) is 54.6 Å². The third-order valence-corrected chi connectivity index (χ3v) is 2.79. The molecule has 0 radical (unpaired) electrons. The maximum Gasteiger partial charge on any atom is 0.0655 e. The smallest absolute Gasteiger partial charge is 0.0655 e. The van der Waals surface area contributed by atoms with E-state index in [1.54, 1.807) is 7.11 Å². The molecule has 0 fully saturated rings. The Labute approximate surface area is 102 Å². The number of rotatable bonds is 4. The maximum absolute atomic E-state index is 5.97. The second-order valence-corrected chi connectivity index (χ2v) is 4.05. The summed E-state index contributed by atoms with van der Waals surface area (Å²) in [6.45, 7) is 0.546. The second kappa shape index (κ2) is 5.62. The van der Waals surface area contributed by atoms with Gasteiger partial charge in [-0.15, -0.1) is 0 Å². The second-order valence-electron chi connectivity index (χ2n) is 4.05. The zero-order valence-electron chi connectivity index (χ0n) is 9.97.